The van der Waals surface area contributed by atoms with Crippen molar-refractivity contribution < 1.29 is 35.8 Å². The molecule has 0 saturated heterocycles. The summed E-state index contributed by atoms with van der Waals surface area (Å²) in [7, 11) is 0. The van der Waals surface area contributed by atoms with Gasteiger partial charge in [-0.15, -0.1) is 0 Å². The zero-order valence-electron chi connectivity index (χ0n) is 7.41. The Bertz CT molecular complexity index is 85.5. The van der Waals surface area contributed by atoms with Gasteiger partial charge in [0.1, 0.15) is 5.78 Å². The van der Waals surface area contributed by atoms with Gasteiger partial charge in [-0.25, -0.2) is 0 Å². The molecule has 0 unspecified atom stereocenters. The summed E-state index contributed by atoms with van der Waals surface area (Å²) in [5, 5.41) is 0. The van der Waals surface area contributed by atoms with Crippen molar-refractivity contribution in [3.63, 3.8) is 0 Å². The molecular weight excluding hydrogens is 111 g/mol. The molecule has 44 valence electrons. The molecule has 8 heavy (non-hydrogen) atoms. The van der Waals surface area contributed by atoms with E-state index in [0.717, 1.165) is 0 Å². The summed E-state index contributed by atoms with van der Waals surface area (Å²) in [6.07, 6.45) is 0. The summed E-state index contributed by atoms with van der Waals surface area (Å²) in [4.78, 5) is 10.5. The minimum absolute atomic E-state index is 0. The number of ketones is 1. The van der Waals surface area contributed by atoms with Gasteiger partial charge in [-0.3, -0.25) is 4.79 Å². The molecule has 0 rings (SSSR count). The largest absolute Gasteiger partial charge is 1.00 e. The number of carbonyl (C=O) groups excluding carboxylic acids is 1. The Morgan fingerprint density at radius 2 is 1.50 bits per heavy atom. The molecule has 0 saturated carbocycles. The minimum Gasteiger partial charge on any atom is -1.00 e. The van der Waals surface area contributed by atoms with Crippen LogP contribution in [0.25, 0.3) is 0 Å². The van der Waals surface area contributed by atoms with E-state index in [1.54, 1.807) is 6.92 Å². The van der Waals surface area contributed by atoms with Crippen molar-refractivity contribution in [2.75, 3.05) is 0 Å². The topological polar surface area (TPSA) is 17.1 Å². The fourth-order valence-corrected chi connectivity index (χ4v) is 0. The van der Waals surface area contributed by atoms with Crippen molar-refractivity contribution in [2.24, 2.45) is 5.41 Å². The van der Waals surface area contributed by atoms with Crippen molar-refractivity contribution in [3.8, 4) is 0 Å². The van der Waals surface area contributed by atoms with E-state index in [-0.39, 0.29) is 42.2 Å². The molecule has 0 amide bonds. The Kier molecular flexibility index (Phi) is 5.23. The molecule has 0 aromatic carbocycles. The molecule has 1 nitrogen and oxygen atoms in total. The van der Waals surface area contributed by atoms with Gasteiger partial charge in [0, 0.05) is 5.41 Å². The zero-order valence-corrected chi connectivity index (χ0v) is 8.41. The first-order valence-corrected chi connectivity index (χ1v) is 2.45. The van der Waals surface area contributed by atoms with Crippen molar-refractivity contribution in [1.82, 2.24) is 0 Å². The van der Waals surface area contributed by atoms with E-state index in [2.05, 4.69) is 0 Å². The van der Waals surface area contributed by atoms with Gasteiger partial charge in [-0.2, -0.15) is 0 Å². The van der Waals surface area contributed by atoms with Crippen LogP contribution in [0.1, 0.15) is 29.1 Å². The summed E-state index contributed by atoms with van der Waals surface area (Å²) >= 11 is 0. The van der Waals surface area contributed by atoms with Gasteiger partial charge >= 0.3 is 29.6 Å². The maximum atomic E-state index is 10.5. The van der Waals surface area contributed by atoms with E-state index < -0.39 is 0 Å². The van der Waals surface area contributed by atoms with Gasteiger partial charge < -0.3 is 1.43 Å². The maximum absolute atomic E-state index is 10.5. The van der Waals surface area contributed by atoms with E-state index in [1.165, 1.54) is 0 Å². The smallest absolute Gasteiger partial charge is 1.00 e. The first-order chi connectivity index (χ1) is 2.94. The van der Waals surface area contributed by atoms with Crippen LogP contribution in [0.3, 0.4) is 0 Å². The molecule has 0 aromatic heterocycles. The average Bonchev–Trinajstić information content (AvgIpc) is 1.31. The van der Waals surface area contributed by atoms with Crippen molar-refractivity contribution in [1.29, 1.82) is 0 Å². The normalized spacial score (nSPS) is 10.0. The Morgan fingerprint density at radius 3 is 1.50 bits per heavy atom. The number of carbonyl (C=O) groups is 1. The van der Waals surface area contributed by atoms with Gasteiger partial charge in [0.25, 0.3) is 0 Å². The molecule has 0 spiro atoms. The maximum Gasteiger partial charge on any atom is 1.00 e. The van der Waals surface area contributed by atoms with E-state index in [1.807, 2.05) is 20.8 Å². The Labute approximate surface area is 74.6 Å². The second kappa shape index (κ2) is 3.65. The van der Waals surface area contributed by atoms with Crippen LogP contribution in [0.4, 0.5) is 0 Å². The van der Waals surface area contributed by atoms with E-state index in [9.17, 15) is 4.79 Å². The van der Waals surface area contributed by atoms with Crippen molar-refractivity contribution in [2.45, 2.75) is 27.7 Å². The minimum atomic E-state index is -0.139. The fraction of sp³-hybridized carbons (Fsp3) is 0.833. The monoisotopic (exact) mass is 124 g/mol. The van der Waals surface area contributed by atoms with Gasteiger partial charge in [0.2, 0.25) is 0 Å². The van der Waals surface area contributed by atoms with Crippen LogP contribution in [0.5, 0.6) is 0 Å². The summed E-state index contributed by atoms with van der Waals surface area (Å²) in [5.41, 5.74) is -0.139. The van der Waals surface area contributed by atoms with E-state index in [0.29, 0.717) is 0 Å². The van der Waals surface area contributed by atoms with Crippen molar-refractivity contribution in [3.05, 3.63) is 0 Å². The predicted octanol–water partition coefficient (Wildman–Crippen LogP) is -1.26. The summed E-state index contributed by atoms with van der Waals surface area (Å²) in [5.74, 6) is 0.243. The third-order valence-corrected chi connectivity index (χ3v) is 1.06. The molecular formula is C6H13NaO. The first kappa shape index (κ1) is 11.5. The second-order valence-corrected chi connectivity index (χ2v) is 2.81. The molecule has 0 aliphatic rings. The molecule has 0 aromatic rings. The number of hydrogen-bond acceptors (Lipinski definition) is 1. The molecule has 2 heteroatoms. The molecule has 0 bridgehead atoms. The first-order valence-electron chi connectivity index (χ1n) is 2.45. The second-order valence-electron chi connectivity index (χ2n) is 2.81. The van der Waals surface area contributed by atoms with Crippen LogP contribution < -0.4 is 29.6 Å². The fourth-order valence-electron chi connectivity index (χ4n) is 0. The van der Waals surface area contributed by atoms with Gasteiger partial charge in [-0.1, -0.05) is 20.8 Å². The molecule has 0 aliphatic carbocycles. The molecule has 0 N–H and O–H groups in total. The summed E-state index contributed by atoms with van der Waals surface area (Å²) in [6, 6.07) is 0. The third-order valence-electron chi connectivity index (χ3n) is 1.06. The quantitative estimate of drug-likeness (QED) is 0.368. The van der Waals surface area contributed by atoms with Gasteiger partial charge in [0.05, 0.1) is 0 Å². The van der Waals surface area contributed by atoms with Crippen LogP contribution in [-0.2, 0) is 4.79 Å². The SMILES string of the molecule is CC(=O)C(C)(C)C.[H-].[Na+]. The number of rotatable bonds is 0. The van der Waals surface area contributed by atoms with Crippen molar-refractivity contribution >= 4 is 5.78 Å². The van der Waals surface area contributed by atoms with Crippen LogP contribution in [-0.4, -0.2) is 5.78 Å². The van der Waals surface area contributed by atoms with E-state index in [4.69, 9.17) is 0 Å². The molecule has 0 heterocycles. The predicted molar refractivity (Wildman–Crippen MR) is 31.2 cm³/mol. The molecule has 0 radical (unpaired) electrons. The average molecular weight is 124 g/mol. The summed E-state index contributed by atoms with van der Waals surface area (Å²) in [6.45, 7) is 7.35. The van der Waals surface area contributed by atoms with Crippen LogP contribution in [0, 0.1) is 5.41 Å². The van der Waals surface area contributed by atoms with Crippen LogP contribution in [0.2, 0.25) is 0 Å². The van der Waals surface area contributed by atoms with Crippen LogP contribution in [0.15, 0.2) is 0 Å². The van der Waals surface area contributed by atoms with Crippen LogP contribution >= 0.6 is 0 Å². The molecule has 0 aliphatic heterocycles. The van der Waals surface area contributed by atoms with Gasteiger partial charge in [0.15, 0.2) is 0 Å². The standard InChI is InChI=1S/C6H12O.Na.H/c1-5(7)6(2,3)4;;/h1-4H3;;/q;+1;-1. The Hall–Kier alpha value is 0.670. The molecule has 0 atom stereocenters. The number of hydrogen-bond donors (Lipinski definition) is 0. The number of Topliss-reactive ketones (excluding diaryl/α,β-unsaturated/α-hetero) is 1. The Balaban J connectivity index is -0.000000180. The third kappa shape index (κ3) is 4.82. The van der Waals surface area contributed by atoms with E-state index >= 15 is 0 Å². The Morgan fingerprint density at radius 1 is 1.38 bits per heavy atom. The van der Waals surface area contributed by atoms with Gasteiger partial charge in [-0.05, 0) is 6.92 Å². The zero-order chi connectivity index (χ0) is 6.08. The molecule has 0 fully saturated rings. The summed E-state index contributed by atoms with van der Waals surface area (Å²) < 4.78 is 0.